The number of nitrogens with one attached hydrogen (secondary N) is 1. The topological polar surface area (TPSA) is 12.0 Å². The zero-order chi connectivity index (χ0) is 6.69. The summed E-state index contributed by atoms with van der Waals surface area (Å²) in [6.45, 7) is 7.09. The fraction of sp³-hybridized carbons (Fsp3) is 1.00. The molecule has 1 nitrogen and oxygen atoms in total. The van der Waals surface area contributed by atoms with Crippen LogP contribution in [0.5, 0.6) is 0 Å². The van der Waals surface area contributed by atoms with E-state index < -0.39 is 0 Å². The van der Waals surface area contributed by atoms with Crippen molar-refractivity contribution in [3.8, 4) is 0 Å². The van der Waals surface area contributed by atoms with Gasteiger partial charge in [0.1, 0.15) is 0 Å². The van der Waals surface area contributed by atoms with Gasteiger partial charge in [-0.1, -0.05) is 20.3 Å². The second-order valence-corrected chi connectivity index (χ2v) is 3.27. The molecule has 0 aromatic heterocycles. The summed E-state index contributed by atoms with van der Waals surface area (Å²) in [5.74, 6) is 1.86. The Kier molecular flexibility index (Phi) is 2.52. The highest BCUT2D eigenvalue weighted by atomic mass is 14.9. The van der Waals surface area contributed by atoms with E-state index in [0.717, 1.165) is 11.8 Å². The molecule has 0 amide bonds. The highest BCUT2D eigenvalue weighted by molar-refractivity contribution is 4.71. The lowest BCUT2D eigenvalue weighted by molar-refractivity contribution is 0.296. The third-order valence-electron chi connectivity index (χ3n) is 2.24. The summed E-state index contributed by atoms with van der Waals surface area (Å²) in [7, 11) is 0. The summed E-state index contributed by atoms with van der Waals surface area (Å²) in [5, 5.41) is 3.44. The van der Waals surface area contributed by atoms with Crippen molar-refractivity contribution in [2.75, 3.05) is 13.1 Å². The van der Waals surface area contributed by atoms with Crippen LogP contribution >= 0.6 is 0 Å². The Morgan fingerprint density at radius 2 is 2.22 bits per heavy atom. The van der Waals surface area contributed by atoms with Crippen LogP contribution in [0.3, 0.4) is 0 Å². The second kappa shape index (κ2) is 3.21. The van der Waals surface area contributed by atoms with E-state index in [2.05, 4.69) is 19.2 Å². The number of rotatable bonds is 1. The Bertz CT molecular complexity index is 80.6. The lowest BCUT2D eigenvalue weighted by Gasteiger charge is -2.26. The molecule has 9 heavy (non-hydrogen) atoms. The Labute approximate surface area is 57.8 Å². The molecule has 0 radical (unpaired) electrons. The maximum atomic E-state index is 3.44. The summed E-state index contributed by atoms with van der Waals surface area (Å²) in [5.41, 5.74) is 0. The van der Waals surface area contributed by atoms with Crippen LogP contribution in [-0.2, 0) is 0 Å². The molecule has 0 saturated carbocycles. The van der Waals surface area contributed by atoms with Crippen molar-refractivity contribution in [2.24, 2.45) is 11.8 Å². The van der Waals surface area contributed by atoms with Crippen LogP contribution in [0.4, 0.5) is 0 Å². The van der Waals surface area contributed by atoms with E-state index in [1.807, 2.05) is 0 Å². The van der Waals surface area contributed by atoms with Gasteiger partial charge < -0.3 is 5.32 Å². The zero-order valence-corrected chi connectivity index (χ0v) is 6.48. The van der Waals surface area contributed by atoms with E-state index in [1.165, 1.54) is 25.9 Å². The highest BCUT2D eigenvalue weighted by Crippen LogP contribution is 2.17. The first-order valence-electron chi connectivity index (χ1n) is 4.03. The Morgan fingerprint density at radius 1 is 1.44 bits per heavy atom. The molecule has 1 aliphatic rings. The molecule has 0 spiro atoms. The van der Waals surface area contributed by atoms with Gasteiger partial charge in [0.15, 0.2) is 0 Å². The molecule has 54 valence electrons. The molecule has 1 fully saturated rings. The normalized spacial score (nSPS) is 36.7. The maximum absolute atomic E-state index is 3.44. The lowest BCUT2D eigenvalue weighted by atomic mass is 9.90. The average Bonchev–Trinajstić information content (AvgIpc) is 1.88. The molecule has 0 unspecified atom stereocenters. The smallest absolute Gasteiger partial charge is 0.00204 e. The molecule has 1 saturated heterocycles. The van der Waals surface area contributed by atoms with Crippen molar-refractivity contribution in [1.29, 1.82) is 0 Å². The monoisotopic (exact) mass is 127 g/mol. The van der Waals surface area contributed by atoms with Crippen molar-refractivity contribution in [3.05, 3.63) is 0 Å². The van der Waals surface area contributed by atoms with E-state index in [-0.39, 0.29) is 0 Å². The third kappa shape index (κ3) is 1.98. The first-order valence-corrected chi connectivity index (χ1v) is 4.03. The van der Waals surface area contributed by atoms with Gasteiger partial charge in [0, 0.05) is 0 Å². The molecule has 0 bridgehead atoms. The highest BCUT2D eigenvalue weighted by Gasteiger charge is 2.15. The van der Waals surface area contributed by atoms with Crippen molar-refractivity contribution in [2.45, 2.75) is 26.7 Å². The van der Waals surface area contributed by atoms with E-state index in [0.29, 0.717) is 0 Å². The molecule has 2 atom stereocenters. The van der Waals surface area contributed by atoms with Gasteiger partial charge in [-0.2, -0.15) is 0 Å². The summed E-state index contributed by atoms with van der Waals surface area (Å²) in [6.07, 6.45) is 2.78. The molecular formula is C8H17N. The second-order valence-electron chi connectivity index (χ2n) is 3.27. The number of piperidine rings is 1. The fourth-order valence-corrected chi connectivity index (χ4v) is 1.58. The van der Waals surface area contributed by atoms with E-state index in [4.69, 9.17) is 0 Å². The molecule has 1 rings (SSSR count). The predicted molar refractivity (Wildman–Crippen MR) is 40.4 cm³/mol. The van der Waals surface area contributed by atoms with Crippen LogP contribution in [0.1, 0.15) is 26.7 Å². The van der Waals surface area contributed by atoms with Gasteiger partial charge >= 0.3 is 0 Å². The molecule has 1 heterocycles. The minimum atomic E-state index is 0.906. The van der Waals surface area contributed by atoms with Crippen molar-refractivity contribution < 1.29 is 0 Å². The summed E-state index contributed by atoms with van der Waals surface area (Å²) < 4.78 is 0. The van der Waals surface area contributed by atoms with Gasteiger partial charge in [-0.05, 0) is 31.3 Å². The SMILES string of the molecule is CC[C@@H]1CNC[C@@H](C)C1. The van der Waals surface area contributed by atoms with Crippen molar-refractivity contribution in [1.82, 2.24) is 5.32 Å². The molecular weight excluding hydrogens is 110 g/mol. The maximum Gasteiger partial charge on any atom is -0.00204 e. The Morgan fingerprint density at radius 3 is 2.67 bits per heavy atom. The molecule has 1 N–H and O–H groups in total. The minimum absolute atomic E-state index is 0.906. The molecule has 1 heteroatoms. The van der Waals surface area contributed by atoms with E-state index in [9.17, 15) is 0 Å². The summed E-state index contributed by atoms with van der Waals surface area (Å²) >= 11 is 0. The van der Waals surface area contributed by atoms with Gasteiger partial charge in [0.2, 0.25) is 0 Å². The average molecular weight is 127 g/mol. The number of hydrogen-bond acceptors (Lipinski definition) is 1. The Balaban J connectivity index is 2.23. The lowest BCUT2D eigenvalue weighted by Crippen LogP contribution is -2.34. The van der Waals surface area contributed by atoms with Crippen LogP contribution in [-0.4, -0.2) is 13.1 Å². The quantitative estimate of drug-likeness (QED) is 0.564. The van der Waals surface area contributed by atoms with Gasteiger partial charge in [-0.15, -0.1) is 0 Å². The minimum Gasteiger partial charge on any atom is -0.316 e. The van der Waals surface area contributed by atoms with Crippen molar-refractivity contribution >= 4 is 0 Å². The third-order valence-corrected chi connectivity index (χ3v) is 2.24. The molecule has 0 aliphatic carbocycles. The van der Waals surface area contributed by atoms with E-state index >= 15 is 0 Å². The molecule has 1 aliphatic heterocycles. The van der Waals surface area contributed by atoms with Crippen LogP contribution in [0, 0.1) is 11.8 Å². The van der Waals surface area contributed by atoms with Crippen LogP contribution in [0.15, 0.2) is 0 Å². The predicted octanol–water partition coefficient (Wildman–Crippen LogP) is 1.64. The zero-order valence-electron chi connectivity index (χ0n) is 6.48. The molecule has 0 aromatic rings. The van der Waals surface area contributed by atoms with Gasteiger partial charge in [0.05, 0.1) is 0 Å². The van der Waals surface area contributed by atoms with Gasteiger partial charge in [0.25, 0.3) is 0 Å². The van der Waals surface area contributed by atoms with Crippen LogP contribution < -0.4 is 5.32 Å². The first kappa shape index (κ1) is 7.07. The van der Waals surface area contributed by atoms with Crippen LogP contribution in [0.25, 0.3) is 0 Å². The van der Waals surface area contributed by atoms with Gasteiger partial charge in [-0.3, -0.25) is 0 Å². The summed E-state index contributed by atoms with van der Waals surface area (Å²) in [4.78, 5) is 0. The first-order chi connectivity index (χ1) is 4.33. The van der Waals surface area contributed by atoms with Crippen LogP contribution in [0.2, 0.25) is 0 Å². The Hall–Kier alpha value is -0.0400. The fourth-order valence-electron chi connectivity index (χ4n) is 1.58. The molecule has 0 aromatic carbocycles. The standard InChI is InChI=1S/C8H17N/c1-3-8-4-7(2)5-9-6-8/h7-9H,3-6H2,1-2H3/t7-,8-/m0/s1. The largest absolute Gasteiger partial charge is 0.316 e. The number of hydrogen-bond donors (Lipinski definition) is 1. The summed E-state index contributed by atoms with van der Waals surface area (Å²) in [6, 6.07) is 0. The van der Waals surface area contributed by atoms with Crippen molar-refractivity contribution in [3.63, 3.8) is 0 Å². The van der Waals surface area contributed by atoms with Gasteiger partial charge in [-0.25, -0.2) is 0 Å². The van der Waals surface area contributed by atoms with E-state index in [1.54, 1.807) is 0 Å².